The van der Waals surface area contributed by atoms with E-state index in [1.54, 1.807) is 0 Å². The Morgan fingerprint density at radius 3 is 2.78 bits per heavy atom. The van der Waals surface area contributed by atoms with Crippen molar-refractivity contribution in [2.45, 2.75) is 31.1 Å². The van der Waals surface area contributed by atoms with Crippen molar-refractivity contribution >= 4 is 15.9 Å². The molecule has 54 valence electrons. The Kier molecular flexibility index (Phi) is 2.99. The lowest BCUT2D eigenvalue weighted by Crippen LogP contribution is -2.34. The van der Waals surface area contributed by atoms with Crippen LogP contribution in [-0.2, 0) is 0 Å². The standard InChI is InChI=1S/C7H14BrN/c1-2-9-6-4-3-5-7(9)8/h7H,2-6H2,1H3. The van der Waals surface area contributed by atoms with E-state index in [9.17, 15) is 0 Å². The summed E-state index contributed by atoms with van der Waals surface area (Å²) in [6.45, 7) is 4.70. The molecule has 1 saturated heterocycles. The first kappa shape index (κ1) is 7.55. The van der Waals surface area contributed by atoms with Crippen molar-refractivity contribution in [1.82, 2.24) is 4.90 Å². The highest BCUT2D eigenvalue weighted by Crippen LogP contribution is 2.20. The van der Waals surface area contributed by atoms with E-state index < -0.39 is 0 Å². The fraction of sp³-hybridized carbons (Fsp3) is 1.00. The first-order valence-electron chi connectivity index (χ1n) is 3.72. The summed E-state index contributed by atoms with van der Waals surface area (Å²) in [5, 5.41) is 0. The molecule has 0 bridgehead atoms. The number of likely N-dealkylation sites (tertiary alicyclic amines) is 1. The summed E-state index contributed by atoms with van der Waals surface area (Å²) < 4.78 is 0. The molecule has 0 aromatic rings. The smallest absolute Gasteiger partial charge is 0.0655 e. The normalized spacial score (nSPS) is 30.7. The third-order valence-electron chi connectivity index (χ3n) is 1.94. The minimum absolute atomic E-state index is 0.663. The zero-order valence-corrected chi connectivity index (χ0v) is 7.52. The molecule has 2 heteroatoms. The molecule has 1 unspecified atom stereocenters. The zero-order valence-electron chi connectivity index (χ0n) is 5.94. The molecule has 1 fully saturated rings. The largest absolute Gasteiger partial charge is 0.291 e. The molecule has 0 amide bonds. The number of alkyl halides is 1. The third kappa shape index (κ3) is 1.94. The van der Waals surface area contributed by atoms with Crippen LogP contribution >= 0.6 is 15.9 Å². The van der Waals surface area contributed by atoms with Gasteiger partial charge >= 0.3 is 0 Å². The van der Waals surface area contributed by atoms with Crippen molar-refractivity contribution in [2.24, 2.45) is 0 Å². The summed E-state index contributed by atoms with van der Waals surface area (Å²) in [7, 11) is 0. The molecule has 0 spiro atoms. The Morgan fingerprint density at radius 1 is 1.56 bits per heavy atom. The summed E-state index contributed by atoms with van der Waals surface area (Å²) in [6, 6.07) is 0. The highest BCUT2D eigenvalue weighted by Gasteiger charge is 2.16. The predicted molar refractivity (Wildman–Crippen MR) is 43.8 cm³/mol. The molecule has 1 rings (SSSR count). The van der Waals surface area contributed by atoms with E-state index in [0.29, 0.717) is 4.95 Å². The van der Waals surface area contributed by atoms with E-state index >= 15 is 0 Å². The summed E-state index contributed by atoms with van der Waals surface area (Å²) in [4.78, 5) is 3.14. The Labute approximate surface area is 65.6 Å². The van der Waals surface area contributed by atoms with Crippen LogP contribution in [0.25, 0.3) is 0 Å². The monoisotopic (exact) mass is 191 g/mol. The van der Waals surface area contributed by atoms with E-state index in [4.69, 9.17) is 0 Å². The van der Waals surface area contributed by atoms with Crippen molar-refractivity contribution in [3.63, 3.8) is 0 Å². The van der Waals surface area contributed by atoms with Gasteiger partial charge in [-0.25, -0.2) is 0 Å². The van der Waals surface area contributed by atoms with E-state index in [1.165, 1.54) is 32.4 Å². The zero-order chi connectivity index (χ0) is 6.69. The number of piperidine rings is 1. The Bertz CT molecular complexity index is 85.0. The molecule has 0 aromatic heterocycles. The Balaban J connectivity index is 2.30. The van der Waals surface area contributed by atoms with Gasteiger partial charge in [-0.3, -0.25) is 4.90 Å². The van der Waals surface area contributed by atoms with Gasteiger partial charge in [-0.1, -0.05) is 22.9 Å². The van der Waals surface area contributed by atoms with Crippen LogP contribution in [0.4, 0.5) is 0 Å². The van der Waals surface area contributed by atoms with Crippen LogP contribution in [-0.4, -0.2) is 22.9 Å². The molecule has 0 aromatic carbocycles. The maximum Gasteiger partial charge on any atom is 0.0655 e. The van der Waals surface area contributed by atoms with Crippen LogP contribution in [0.1, 0.15) is 26.2 Å². The molecule has 1 aliphatic heterocycles. The van der Waals surface area contributed by atoms with Gasteiger partial charge in [-0.15, -0.1) is 0 Å². The average molecular weight is 192 g/mol. The highest BCUT2D eigenvalue weighted by atomic mass is 79.9. The Hall–Kier alpha value is 0.440. The second-order valence-electron chi connectivity index (χ2n) is 2.56. The number of halogens is 1. The van der Waals surface area contributed by atoms with Crippen LogP contribution in [0.2, 0.25) is 0 Å². The first-order valence-corrected chi connectivity index (χ1v) is 4.64. The summed E-state index contributed by atoms with van der Waals surface area (Å²) in [5.41, 5.74) is 0. The molecule has 9 heavy (non-hydrogen) atoms. The number of nitrogens with zero attached hydrogens (tertiary/aromatic N) is 1. The van der Waals surface area contributed by atoms with Gasteiger partial charge in [-0.2, -0.15) is 0 Å². The average Bonchev–Trinajstić information content (AvgIpc) is 1.89. The van der Waals surface area contributed by atoms with E-state index in [2.05, 4.69) is 27.8 Å². The molecule has 1 nitrogen and oxygen atoms in total. The first-order chi connectivity index (χ1) is 4.34. The van der Waals surface area contributed by atoms with Crippen LogP contribution in [0.3, 0.4) is 0 Å². The lowest BCUT2D eigenvalue weighted by Gasteiger charge is -2.30. The maximum atomic E-state index is 3.64. The summed E-state index contributed by atoms with van der Waals surface area (Å²) in [6.07, 6.45) is 4.11. The molecule has 0 saturated carbocycles. The molecular weight excluding hydrogens is 178 g/mol. The molecule has 1 heterocycles. The van der Waals surface area contributed by atoms with Gasteiger partial charge in [0.1, 0.15) is 0 Å². The van der Waals surface area contributed by atoms with Crippen molar-refractivity contribution in [1.29, 1.82) is 0 Å². The van der Waals surface area contributed by atoms with E-state index in [0.717, 1.165) is 0 Å². The van der Waals surface area contributed by atoms with E-state index in [1.807, 2.05) is 0 Å². The van der Waals surface area contributed by atoms with Crippen LogP contribution in [0, 0.1) is 0 Å². The van der Waals surface area contributed by atoms with Crippen molar-refractivity contribution in [3.8, 4) is 0 Å². The van der Waals surface area contributed by atoms with Crippen molar-refractivity contribution in [3.05, 3.63) is 0 Å². The van der Waals surface area contributed by atoms with Gasteiger partial charge in [0.05, 0.1) is 4.95 Å². The van der Waals surface area contributed by atoms with Gasteiger partial charge in [-0.05, 0) is 32.4 Å². The number of hydrogen-bond donors (Lipinski definition) is 0. The van der Waals surface area contributed by atoms with Gasteiger partial charge in [0.15, 0.2) is 0 Å². The minimum atomic E-state index is 0.663. The van der Waals surface area contributed by atoms with Gasteiger partial charge < -0.3 is 0 Å². The minimum Gasteiger partial charge on any atom is -0.291 e. The lowest BCUT2D eigenvalue weighted by atomic mass is 10.1. The fourth-order valence-corrected chi connectivity index (χ4v) is 2.12. The SMILES string of the molecule is CCN1CCCCC1Br. The Morgan fingerprint density at radius 2 is 2.33 bits per heavy atom. The third-order valence-corrected chi connectivity index (χ3v) is 2.98. The molecule has 0 aliphatic carbocycles. The van der Waals surface area contributed by atoms with Gasteiger partial charge in [0, 0.05) is 0 Å². The molecule has 1 aliphatic rings. The predicted octanol–water partition coefficient (Wildman–Crippen LogP) is 2.21. The highest BCUT2D eigenvalue weighted by molar-refractivity contribution is 9.09. The topological polar surface area (TPSA) is 3.24 Å². The second kappa shape index (κ2) is 3.57. The molecule has 1 atom stereocenters. The van der Waals surface area contributed by atoms with Gasteiger partial charge in [0.25, 0.3) is 0 Å². The maximum absolute atomic E-state index is 3.64. The van der Waals surface area contributed by atoms with Crippen molar-refractivity contribution < 1.29 is 0 Å². The van der Waals surface area contributed by atoms with E-state index in [-0.39, 0.29) is 0 Å². The molecule has 0 radical (unpaired) electrons. The number of rotatable bonds is 1. The molecule has 0 N–H and O–H groups in total. The number of hydrogen-bond acceptors (Lipinski definition) is 1. The van der Waals surface area contributed by atoms with Crippen molar-refractivity contribution in [2.75, 3.05) is 13.1 Å². The van der Waals surface area contributed by atoms with Crippen LogP contribution < -0.4 is 0 Å². The van der Waals surface area contributed by atoms with Gasteiger partial charge in [0.2, 0.25) is 0 Å². The fourth-order valence-electron chi connectivity index (χ4n) is 1.31. The second-order valence-corrected chi connectivity index (χ2v) is 3.62. The van der Waals surface area contributed by atoms with Crippen LogP contribution in [0.15, 0.2) is 0 Å². The summed E-state index contributed by atoms with van der Waals surface area (Å²) >= 11 is 3.64. The van der Waals surface area contributed by atoms with Crippen LogP contribution in [0.5, 0.6) is 0 Å². The molecular formula is C7H14BrN. The quantitative estimate of drug-likeness (QED) is 0.454. The lowest BCUT2D eigenvalue weighted by molar-refractivity contribution is 0.221. The summed E-state index contributed by atoms with van der Waals surface area (Å²) in [5.74, 6) is 0.